The summed E-state index contributed by atoms with van der Waals surface area (Å²) in [5, 5.41) is 14.6. The highest BCUT2D eigenvalue weighted by Crippen LogP contribution is 2.39. The van der Waals surface area contributed by atoms with Crippen LogP contribution in [0.3, 0.4) is 0 Å². The average Bonchev–Trinajstić information content (AvgIpc) is 3.60. The minimum absolute atomic E-state index is 0.0703. The Bertz CT molecular complexity index is 1780. The molecule has 2 aliphatic heterocycles. The van der Waals surface area contributed by atoms with Crippen molar-refractivity contribution < 1.29 is 37.3 Å². The van der Waals surface area contributed by atoms with Crippen LogP contribution in [-0.2, 0) is 25.7 Å². The molecule has 2 heterocycles. The zero-order valence-corrected chi connectivity index (χ0v) is 27.4. The third-order valence-electron chi connectivity index (χ3n) is 9.51. The molecule has 8 nitrogen and oxygen atoms in total. The van der Waals surface area contributed by atoms with Gasteiger partial charge in [0, 0.05) is 36.8 Å². The maximum Gasteiger partial charge on any atom is 0.471 e. The van der Waals surface area contributed by atoms with Gasteiger partial charge in [-0.05, 0) is 72.5 Å². The summed E-state index contributed by atoms with van der Waals surface area (Å²) in [6.45, 7) is 2.56. The molecule has 0 unspecified atom stereocenters. The Morgan fingerprint density at radius 3 is 2.45 bits per heavy atom. The first-order valence-electron chi connectivity index (χ1n) is 16.5. The summed E-state index contributed by atoms with van der Waals surface area (Å²) >= 11 is 0. The second kappa shape index (κ2) is 14.7. The van der Waals surface area contributed by atoms with Gasteiger partial charge in [0.25, 0.3) is 0 Å². The van der Waals surface area contributed by atoms with Crippen molar-refractivity contribution in [3.05, 3.63) is 113 Å². The number of nitrogens with zero attached hydrogens (tertiary/aromatic N) is 2. The molecular formula is C38H40F3N3O5. The smallest absolute Gasteiger partial charge is 0.392 e. The molecule has 11 heteroatoms. The molecule has 4 aromatic carbocycles. The summed E-state index contributed by atoms with van der Waals surface area (Å²) in [4.78, 5) is 27.9. The summed E-state index contributed by atoms with van der Waals surface area (Å²) in [6, 6.07) is 28.0. The molecule has 0 aliphatic carbocycles. The van der Waals surface area contributed by atoms with Crippen molar-refractivity contribution in [1.82, 2.24) is 9.80 Å². The minimum Gasteiger partial charge on any atom is -0.392 e. The number of aliphatic hydroxyl groups is 1. The lowest BCUT2D eigenvalue weighted by atomic mass is 9.98. The van der Waals surface area contributed by atoms with E-state index in [-0.39, 0.29) is 37.8 Å². The van der Waals surface area contributed by atoms with Crippen molar-refractivity contribution >= 4 is 28.3 Å². The third kappa shape index (κ3) is 7.96. The van der Waals surface area contributed by atoms with Crippen LogP contribution in [0.1, 0.15) is 66.9 Å². The first kappa shape index (κ1) is 34.6. The number of hydrogen-bond acceptors (Lipinski definition) is 6. The van der Waals surface area contributed by atoms with Gasteiger partial charge in [0.05, 0.1) is 18.8 Å². The van der Waals surface area contributed by atoms with E-state index in [4.69, 9.17) is 9.47 Å². The van der Waals surface area contributed by atoms with Gasteiger partial charge >= 0.3 is 12.1 Å². The molecule has 0 radical (unpaired) electrons. The number of aliphatic hydroxyl groups excluding tert-OH is 1. The molecule has 4 aromatic rings. The number of fused-ring (bicyclic) bond motifs is 1. The largest absolute Gasteiger partial charge is 0.471 e. The van der Waals surface area contributed by atoms with Crippen LogP contribution < -0.4 is 5.32 Å². The molecule has 0 spiro atoms. The summed E-state index contributed by atoms with van der Waals surface area (Å²) in [7, 11) is 2.06. The Labute approximate surface area is 283 Å². The third-order valence-corrected chi connectivity index (χ3v) is 9.51. The van der Waals surface area contributed by atoms with Crippen molar-refractivity contribution in [2.75, 3.05) is 25.5 Å². The second-order valence-electron chi connectivity index (χ2n) is 12.8. The summed E-state index contributed by atoms with van der Waals surface area (Å²) in [5.74, 6) is -2.69. The molecule has 258 valence electrons. The topological polar surface area (TPSA) is 91.3 Å². The highest BCUT2D eigenvalue weighted by Gasteiger charge is 2.47. The number of carbonyl (C=O) groups is 2. The zero-order valence-electron chi connectivity index (χ0n) is 27.4. The van der Waals surface area contributed by atoms with Crippen LogP contribution in [0.5, 0.6) is 0 Å². The van der Waals surface area contributed by atoms with E-state index in [0.717, 1.165) is 11.1 Å². The van der Waals surface area contributed by atoms with Gasteiger partial charge in [-0.25, -0.2) is 0 Å². The quantitative estimate of drug-likeness (QED) is 0.198. The number of likely N-dealkylation sites (N-methyl/N-ethyl adjacent to an activating group) is 1. The number of nitrogens with one attached hydrogen (secondary N) is 1. The predicted octanol–water partition coefficient (Wildman–Crippen LogP) is 7.06. The molecular weight excluding hydrogens is 635 g/mol. The molecule has 0 saturated carbocycles. The lowest BCUT2D eigenvalue weighted by Crippen LogP contribution is -2.48. The first-order chi connectivity index (χ1) is 23.5. The van der Waals surface area contributed by atoms with Gasteiger partial charge in [-0.3, -0.25) is 14.5 Å². The average molecular weight is 676 g/mol. The number of hydrogen-bond donors (Lipinski definition) is 2. The standard InChI is InChI=1S/C38H40F3N3O5/c1-24(28-17-16-26-7-3-4-8-29(26)19-28)43(2)22-32-21-34(27-14-12-25(23-45)13-15-27)49-36(48-32)30-9-5-10-31(20-30)42-35(46)33-11-6-18-44(33)37(47)38(39,40)41/h3-5,7-10,12-17,19-20,24,32-34,36,45H,6,11,18,21-23H2,1-2H3,(H,42,46)/t24-,32-,33+,34+,36+/m1/s1. The van der Waals surface area contributed by atoms with Crippen molar-refractivity contribution in [2.24, 2.45) is 0 Å². The van der Waals surface area contributed by atoms with E-state index in [9.17, 15) is 27.9 Å². The predicted molar refractivity (Wildman–Crippen MR) is 179 cm³/mol. The molecule has 2 N–H and O–H groups in total. The fraction of sp³-hybridized carbons (Fsp3) is 0.368. The molecule has 49 heavy (non-hydrogen) atoms. The zero-order chi connectivity index (χ0) is 34.7. The van der Waals surface area contributed by atoms with Crippen LogP contribution in [0.2, 0.25) is 0 Å². The van der Waals surface area contributed by atoms with E-state index in [1.165, 1.54) is 16.3 Å². The van der Waals surface area contributed by atoms with Gasteiger partial charge in [-0.15, -0.1) is 0 Å². The number of rotatable bonds is 9. The molecule has 2 amide bonds. The Morgan fingerprint density at radius 1 is 0.959 bits per heavy atom. The number of halogens is 3. The fourth-order valence-electron chi connectivity index (χ4n) is 6.67. The molecule has 2 saturated heterocycles. The highest BCUT2D eigenvalue weighted by atomic mass is 19.4. The first-order valence-corrected chi connectivity index (χ1v) is 16.5. The summed E-state index contributed by atoms with van der Waals surface area (Å²) in [6.07, 6.45) is -5.41. The monoisotopic (exact) mass is 675 g/mol. The van der Waals surface area contributed by atoms with Crippen molar-refractivity contribution in [3.8, 4) is 0 Å². The maximum atomic E-state index is 13.1. The van der Waals surface area contributed by atoms with Gasteiger partial charge in [0.15, 0.2) is 6.29 Å². The number of benzene rings is 4. The molecule has 6 rings (SSSR count). The van der Waals surface area contributed by atoms with E-state index < -0.39 is 30.3 Å². The number of carbonyl (C=O) groups excluding carboxylic acids is 2. The number of likely N-dealkylation sites (tertiary alicyclic amines) is 1. The Morgan fingerprint density at radius 2 is 1.71 bits per heavy atom. The van der Waals surface area contributed by atoms with Crippen molar-refractivity contribution in [1.29, 1.82) is 0 Å². The Kier molecular flexibility index (Phi) is 10.4. The molecule has 2 fully saturated rings. The van der Waals surface area contributed by atoms with E-state index in [1.54, 1.807) is 18.2 Å². The summed E-state index contributed by atoms with van der Waals surface area (Å²) < 4.78 is 52.5. The van der Waals surface area contributed by atoms with Gasteiger partial charge in [-0.2, -0.15) is 13.2 Å². The molecule has 0 aromatic heterocycles. The fourth-order valence-corrected chi connectivity index (χ4v) is 6.67. The van der Waals surface area contributed by atoms with E-state index >= 15 is 0 Å². The van der Waals surface area contributed by atoms with Gasteiger partial charge in [-0.1, -0.05) is 72.8 Å². The molecule has 2 aliphatic rings. The SMILES string of the molecule is C[C@H](c1ccc2ccccc2c1)N(C)C[C@H]1C[C@@H](c2ccc(CO)cc2)O[C@@H](c2cccc(NC(=O)[C@@H]3CCCN3C(=O)C(F)(F)F)c2)O1. The molecule has 0 bridgehead atoms. The Balaban J connectivity index is 1.20. The lowest BCUT2D eigenvalue weighted by Gasteiger charge is -2.39. The van der Waals surface area contributed by atoms with Crippen LogP contribution in [0.25, 0.3) is 10.8 Å². The number of amides is 2. The van der Waals surface area contributed by atoms with E-state index in [2.05, 4.69) is 54.5 Å². The number of alkyl halides is 3. The number of ether oxygens (including phenoxy) is 2. The highest BCUT2D eigenvalue weighted by molar-refractivity contribution is 5.98. The van der Waals surface area contributed by atoms with Gasteiger partial charge < -0.3 is 24.8 Å². The van der Waals surface area contributed by atoms with Crippen LogP contribution in [0, 0.1) is 0 Å². The van der Waals surface area contributed by atoms with Crippen LogP contribution in [0.15, 0.2) is 91.0 Å². The maximum absolute atomic E-state index is 13.1. The van der Waals surface area contributed by atoms with Crippen LogP contribution in [0.4, 0.5) is 18.9 Å². The number of anilines is 1. The minimum atomic E-state index is -5.05. The second-order valence-corrected chi connectivity index (χ2v) is 12.8. The van der Waals surface area contributed by atoms with Crippen LogP contribution >= 0.6 is 0 Å². The van der Waals surface area contributed by atoms with E-state index in [0.29, 0.717) is 35.5 Å². The van der Waals surface area contributed by atoms with Gasteiger partial charge in [0.1, 0.15) is 6.04 Å². The van der Waals surface area contributed by atoms with Gasteiger partial charge in [0.2, 0.25) is 5.91 Å². The van der Waals surface area contributed by atoms with Crippen LogP contribution in [-0.4, -0.2) is 65.2 Å². The summed E-state index contributed by atoms with van der Waals surface area (Å²) in [5.41, 5.74) is 3.88. The van der Waals surface area contributed by atoms with Crippen molar-refractivity contribution in [2.45, 2.75) is 69.6 Å². The normalized spacial score (nSPS) is 22.0. The van der Waals surface area contributed by atoms with Crippen molar-refractivity contribution in [3.63, 3.8) is 0 Å². The lowest BCUT2D eigenvalue weighted by molar-refractivity contribution is -0.253. The van der Waals surface area contributed by atoms with E-state index in [1.807, 2.05) is 42.5 Å². The molecule has 5 atom stereocenters. The Hall–Kier alpha value is -4.29.